The largest absolute Gasteiger partial charge is 0.336 e. The van der Waals surface area contributed by atoms with Gasteiger partial charge in [0.15, 0.2) is 0 Å². The minimum Gasteiger partial charge on any atom is -0.336 e. The first-order valence-electron chi connectivity index (χ1n) is 7.33. The summed E-state index contributed by atoms with van der Waals surface area (Å²) in [7, 11) is 0. The van der Waals surface area contributed by atoms with Gasteiger partial charge in [-0.25, -0.2) is 4.39 Å². The molecule has 0 saturated carbocycles. The lowest BCUT2D eigenvalue weighted by Gasteiger charge is -2.22. The van der Waals surface area contributed by atoms with E-state index in [9.17, 15) is 14.0 Å². The van der Waals surface area contributed by atoms with E-state index < -0.39 is 11.4 Å². The second-order valence-electron chi connectivity index (χ2n) is 5.88. The Hall–Kier alpha value is -2.21. The van der Waals surface area contributed by atoms with Gasteiger partial charge in [0.2, 0.25) is 5.56 Å². The molecule has 0 bridgehead atoms. The fourth-order valence-electron chi connectivity index (χ4n) is 3.16. The minimum absolute atomic E-state index is 0.0795. The average molecular weight is 303 g/mol. The summed E-state index contributed by atoms with van der Waals surface area (Å²) < 4.78 is 13.3. The van der Waals surface area contributed by atoms with Gasteiger partial charge in [-0.05, 0) is 44.0 Å². The smallest absolute Gasteiger partial charge is 0.254 e. The predicted octanol–water partition coefficient (Wildman–Crippen LogP) is 1.48. The molecule has 1 fully saturated rings. The zero-order valence-electron chi connectivity index (χ0n) is 12.3. The number of rotatable bonds is 2. The minimum atomic E-state index is -0.453. The van der Waals surface area contributed by atoms with Crippen LogP contribution in [0.25, 0.3) is 10.9 Å². The zero-order chi connectivity index (χ0) is 15.9. The van der Waals surface area contributed by atoms with Gasteiger partial charge in [-0.2, -0.15) is 0 Å². The third-order valence-electron chi connectivity index (χ3n) is 4.29. The number of aromatic nitrogens is 1. The lowest BCUT2D eigenvalue weighted by Crippen LogP contribution is -2.35. The van der Waals surface area contributed by atoms with E-state index in [4.69, 9.17) is 5.73 Å². The van der Waals surface area contributed by atoms with Crippen LogP contribution in [-0.2, 0) is 0 Å². The number of carbonyl (C=O) groups excluding carboxylic acids is 1. The van der Waals surface area contributed by atoms with Gasteiger partial charge in [0.25, 0.3) is 5.91 Å². The first-order valence-corrected chi connectivity index (χ1v) is 7.33. The van der Waals surface area contributed by atoms with Crippen LogP contribution in [0, 0.1) is 11.7 Å². The fourth-order valence-corrected chi connectivity index (χ4v) is 3.16. The Bertz CT molecular complexity index is 787. The van der Waals surface area contributed by atoms with Crippen LogP contribution in [0.3, 0.4) is 0 Å². The standard InChI is InChI=1S/C16H18FN3O2/c1-9-4-10(7-18)8-20(9)16(22)13-6-15(21)19-14-5-11(17)2-3-12(13)14/h2-3,5-6,9-10H,4,7-8,18H2,1H3,(H,19,21). The number of amides is 1. The number of pyridine rings is 1. The number of fused-ring (bicyclic) bond motifs is 1. The number of benzene rings is 1. The van der Waals surface area contributed by atoms with Crippen molar-refractivity contribution in [3.05, 3.63) is 46.0 Å². The molecule has 0 aliphatic carbocycles. The van der Waals surface area contributed by atoms with Crippen LogP contribution in [0.2, 0.25) is 0 Å². The Morgan fingerprint density at radius 2 is 2.23 bits per heavy atom. The molecule has 6 heteroatoms. The monoisotopic (exact) mass is 303 g/mol. The van der Waals surface area contributed by atoms with Crippen molar-refractivity contribution in [2.45, 2.75) is 19.4 Å². The van der Waals surface area contributed by atoms with Gasteiger partial charge in [0.1, 0.15) is 5.82 Å². The van der Waals surface area contributed by atoms with Crippen LogP contribution >= 0.6 is 0 Å². The third-order valence-corrected chi connectivity index (χ3v) is 4.29. The number of nitrogens with two attached hydrogens (primary N) is 1. The quantitative estimate of drug-likeness (QED) is 0.882. The molecule has 116 valence electrons. The molecule has 1 aliphatic heterocycles. The normalized spacial score (nSPS) is 21.5. The molecule has 3 N–H and O–H groups in total. The molecule has 2 aromatic rings. The molecule has 1 saturated heterocycles. The third kappa shape index (κ3) is 2.50. The molecule has 22 heavy (non-hydrogen) atoms. The fraction of sp³-hybridized carbons (Fsp3) is 0.375. The van der Waals surface area contributed by atoms with Gasteiger partial charge in [0, 0.05) is 24.0 Å². The number of nitrogens with zero attached hydrogens (tertiary/aromatic N) is 1. The molecule has 1 aromatic carbocycles. The average Bonchev–Trinajstić information content (AvgIpc) is 2.86. The number of hydrogen-bond donors (Lipinski definition) is 2. The molecule has 1 aromatic heterocycles. The number of nitrogens with one attached hydrogen (secondary N) is 1. The number of carbonyl (C=O) groups is 1. The van der Waals surface area contributed by atoms with Crippen LogP contribution in [0.5, 0.6) is 0 Å². The number of likely N-dealkylation sites (tertiary alicyclic amines) is 1. The van der Waals surface area contributed by atoms with E-state index >= 15 is 0 Å². The summed E-state index contributed by atoms with van der Waals surface area (Å²) in [5.74, 6) is -0.374. The Labute approximate surface area is 126 Å². The Morgan fingerprint density at radius 3 is 2.91 bits per heavy atom. The molecule has 1 aliphatic rings. The molecule has 1 amide bonds. The summed E-state index contributed by atoms with van der Waals surface area (Å²) >= 11 is 0. The van der Waals surface area contributed by atoms with Crippen LogP contribution in [0.4, 0.5) is 4.39 Å². The van der Waals surface area contributed by atoms with Gasteiger partial charge in [-0.1, -0.05) is 0 Å². The van der Waals surface area contributed by atoms with Crippen molar-refractivity contribution in [3.8, 4) is 0 Å². The van der Waals surface area contributed by atoms with E-state index in [0.29, 0.717) is 29.6 Å². The van der Waals surface area contributed by atoms with E-state index in [1.54, 1.807) is 4.90 Å². The molecule has 2 unspecified atom stereocenters. The van der Waals surface area contributed by atoms with Crippen molar-refractivity contribution in [2.24, 2.45) is 11.7 Å². The summed E-state index contributed by atoms with van der Waals surface area (Å²) in [5, 5.41) is 0.550. The van der Waals surface area contributed by atoms with Crippen molar-refractivity contribution in [2.75, 3.05) is 13.1 Å². The molecule has 0 spiro atoms. The van der Waals surface area contributed by atoms with E-state index in [-0.39, 0.29) is 17.9 Å². The van der Waals surface area contributed by atoms with Crippen molar-refractivity contribution in [3.63, 3.8) is 0 Å². The van der Waals surface area contributed by atoms with Crippen LogP contribution < -0.4 is 11.3 Å². The topological polar surface area (TPSA) is 79.2 Å². The number of halogens is 1. The van der Waals surface area contributed by atoms with Crippen molar-refractivity contribution in [1.82, 2.24) is 9.88 Å². The van der Waals surface area contributed by atoms with Gasteiger partial charge < -0.3 is 15.6 Å². The number of aromatic amines is 1. The second kappa shape index (κ2) is 5.53. The highest BCUT2D eigenvalue weighted by molar-refractivity contribution is 6.06. The lowest BCUT2D eigenvalue weighted by atomic mass is 10.1. The second-order valence-corrected chi connectivity index (χ2v) is 5.88. The van der Waals surface area contributed by atoms with Crippen molar-refractivity contribution in [1.29, 1.82) is 0 Å². The molecule has 0 radical (unpaired) electrons. The van der Waals surface area contributed by atoms with Crippen molar-refractivity contribution >= 4 is 16.8 Å². The molecule has 3 rings (SSSR count). The van der Waals surface area contributed by atoms with Gasteiger partial charge in [-0.3, -0.25) is 9.59 Å². The summed E-state index contributed by atoms with van der Waals surface area (Å²) in [5.41, 5.74) is 5.92. The summed E-state index contributed by atoms with van der Waals surface area (Å²) in [6, 6.07) is 5.40. The predicted molar refractivity (Wildman–Crippen MR) is 82.2 cm³/mol. The van der Waals surface area contributed by atoms with E-state index in [0.717, 1.165) is 6.42 Å². The first kappa shape index (κ1) is 14.7. The summed E-state index contributed by atoms with van der Waals surface area (Å²) in [6.45, 7) is 3.10. The van der Waals surface area contributed by atoms with Crippen LogP contribution in [0.1, 0.15) is 23.7 Å². The Balaban J connectivity index is 2.06. The maximum absolute atomic E-state index is 13.3. The van der Waals surface area contributed by atoms with Crippen molar-refractivity contribution < 1.29 is 9.18 Å². The highest BCUT2D eigenvalue weighted by atomic mass is 19.1. The Morgan fingerprint density at radius 1 is 1.45 bits per heavy atom. The summed E-state index contributed by atoms with van der Waals surface area (Å²) in [4.78, 5) is 28.9. The van der Waals surface area contributed by atoms with Crippen LogP contribution in [-0.4, -0.2) is 34.9 Å². The zero-order valence-corrected chi connectivity index (χ0v) is 12.3. The maximum atomic E-state index is 13.3. The molecule has 2 atom stereocenters. The first-order chi connectivity index (χ1) is 10.5. The highest BCUT2D eigenvalue weighted by Crippen LogP contribution is 2.26. The highest BCUT2D eigenvalue weighted by Gasteiger charge is 2.32. The SMILES string of the molecule is CC1CC(CN)CN1C(=O)c1cc(=O)[nH]c2cc(F)ccc12. The molecular weight excluding hydrogens is 285 g/mol. The lowest BCUT2D eigenvalue weighted by molar-refractivity contribution is 0.0745. The van der Waals surface area contributed by atoms with E-state index in [1.807, 2.05) is 6.92 Å². The molecule has 2 heterocycles. The number of hydrogen-bond acceptors (Lipinski definition) is 3. The summed E-state index contributed by atoms with van der Waals surface area (Å²) in [6.07, 6.45) is 0.859. The van der Waals surface area contributed by atoms with E-state index in [1.165, 1.54) is 24.3 Å². The van der Waals surface area contributed by atoms with Gasteiger partial charge in [0.05, 0.1) is 11.1 Å². The maximum Gasteiger partial charge on any atom is 0.254 e. The van der Waals surface area contributed by atoms with Gasteiger partial charge in [-0.15, -0.1) is 0 Å². The van der Waals surface area contributed by atoms with E-state index in [2.05, 4.69) is 4.98 Å². The van der Waals surface area contributed by atoms with Crippen LogP contribution in [0.15, 0.2) is 29.1 Å². The molecular formula is C16H18FN3O2. The Kier molecular flexibility index (Phi) is 3.70. The number of H-pyrrole nitrogens is 1. The van der Waals surface area contributed by atoms with Gasteiger partial charge >= 0.3 is 0 Å². The molecule has 5 nitrogen and oxygen atoms in total.